The average Bonchev–Trinajstić information content (AvgIpc) is 2.71. The molecule has 4 nitrogen and oxygen atoms in total. The van der Waals surface area contributed by atoms with E-state index in [4.69, 9.17) is 11.6 Å². The maximum absolute atomic E-state index is 13.2. The van der Waals surface area contributed by atoms with Gasteiger partial charge in [-0.1, -0.05) is 49.7 Å². The molecular formula is C23H28ClFN2O2S. The number of benzene rings is 2. The monoisotopic (exact) mass is 450 g/mol. The fraction of sp³-hybridized carbons (Fsp3) is 0.391. The molecule has 162 valence electrons. The van der Waals surface area contributed by atoms with Crippen molar-refractivity contribution in [2.75, 3.05) is 12.3 Å². The molecule has 2 aromatic rings. The van der Waals surface area contributed by atoms with Gasteiger partial charge in [-0.15, -0.1) is 11.8 Å². The molecule has 2 amide bonds. The summed E-state index contributed by atoms with van der Waals surface area (Å²) in [5.41, 5.74) is 1.81. The highest BCUT2D eigenvalue weighted by atomic mass is 35.5. The van der Waals surface area contributed by atoms with E-state index in [1.54, 1.807) is 24.0 Å². The van der Waals surface area contributed by atoms with Gasteiger partial charge in [-0.2, -0.15) is 0 Å². The van der Waals surface area contributed by atoms with Crippen molar-refractivity contribution in [2.45, 2.75) is 39.1 Å². The summed E-state index contributed by atoms with van der Waals surface area (Å²) in [4.78, 5) is 27.1. The van der Waals surface area contributed by atoms with Crippen LogP contribution in [-0.4, -0.2) is 35.1 Å². The van der Waals surface area contributed by atoms with Gasteiger partial charge in [-0.05, 0) is 48.2 Å². The summed E-state index contributed by atoms with van der Waals surface area (Å²) in [6.07, 6.45) is 0. The second-order valence-electron chi connectivity index (χ2n) is 7.59. The summed E-state index contributed by atoms with van der Waals surface area (Å²) in [6.45, 7) is 6.54. The largest absolute Gasteiger partial charge is 0.354 e. The van der Waals surface area contributed by atoms with E-state index in [2.05, 4.69) is 5.32 Å². The van der Waals surface area contributed by atoms with Gasteiger partial charge in [0, 0.05) is 23.9 Å². The van der Waals surface area contributed by atoms with Crippen LogP contribution in [0.5, 0.6) is 0 Å². The number of rotatable bonds is 10. The van der Waals surface area contributed by atoms with E-state index in [9.17, 15) is 14.0 Å². The Hall–Kier alpha value is -2.05. The topological polar surface area (TPSA) is 49.4 Å². The predicted octanol–water partition coefficient (Wildman–Crippen LogP) is 4.90. The number of carbonyl (C=O) groups excluding carboxylic acids is 2. The third kappa shape index (κ3) is 8.00. The fourth-order valence-electron chi connectivity index (χ4n) is 2.79. The van der Waals surface area contributed by atoms with Gasteiger partial charge in [-0.25, -0.2) is 4.39 Å². The average molecular weight is 451 g/mol. The van der Waals surface area contributed by atoms with Gasteiger partial charge in [0.15, 0.2) is 0 Å². The lowest BCUT2D eigenvalue weighted by molar-refractivity contribution is -0.138. The Kier molecular flexibility index (Phi) is 9.66. The molecule has 7 heteroatoms. The second-order valence-corrected chi connectivity index (χ2v) is 9.01. The summed E-state index contributed by atoms with van der Waals surface area (Å²) in [5, 5.41) is 3.55. The third-order valence-corrected chi connectivity index (χ3v) is 5.72. The van der Waals surface area contributed by atoms with Crippen LogP contribution in [0, 0.1) is 11.7 Å². The van der Waals surface area contributed by atoms with Crippen LogP contribution in [0.1, 0.15) is 31.9 Å². The van der Waals surface area contributed by atoms with Crippen molar-refractivity contribution < 1.29 is 14.0 Å². The maximum atomic E-state index is 13.2. The van der Waals surface area contributed by atoms with E-state index >= 15 is 0 Å². The molecule has 0 fully saturated rings. The smallest absolute Gasteiger partial charge is 0.242 e. The van der Waals surface area contributed by atoms with Crippen molar-refractivity contribution in [1.29, 1.82) is 0 Å². The van der Waals surface area contributed by atoms with Crippen molar-refractivity contribution in [3.63, 3.8) is 0 Å². The van der Waals surface area contributed by atoms with Crippen LogP contribution in [0.15, 0.2) is 48.5 Å². The molecule has 0 bridgehead atoms. The van der Waals surface area contributed by atoms with Crippen LogP contribution in [0.25, 0.3) is 0 Å². The summed E-state index contributed by atoms with van der Waals surface area (Å²) in [5.74, 6) is 0.518. The van der Waals surface area contributed by atoms with E-state index in [1.807, 2.05) is 38.1 Å². The van der Waals surface area contributed by atoms with Crippen LogP contribution in [0.3, 0.4) is 0 Å². The molecule has 1 atom stereocenters. The van der Waals surface area contributed by atoms with Crippen molar-refractivity contribution in [3.8, 4) is 0 Å². The quantitative estimate of drug-likeness (QED) is 0.560. The normalized spacial score (nSPS) is 11.9. The van der Waals surface area contributed by atoms with E-state index in [1.165, 1.54) is 23.9 Å². The molecule has 0 aliphatic rings. The first-order valence-corrected chi connectivity index (χ1v) is 11.4. The van der Waals surface area contributed by atoms with Gasteiger partial charge in [0.2, 0.25) is 11.8 Å². The van der Waals surface area contributed by atoms with Crippen molar-refractivity contribution in [2.24, 2.45) is 5.92 Å². The molecule has 30 heavy (non-hydrogen) atoms. The van der Waals surface area contributed by atoms with Gasteiger partial charge in [0.25, 0.3) is 0 Å². The van der Waals surface area contributed by atoms with Gasteiger partial charge >= 0.3 is 0 Å². The number of halogens is 2. The molecule has 0 spiro atoms. The zero-order valence-corrected chi connectivity index (χ0v) is 19.1. The van der Waals surface area contributed by atoms with Crippen molar-refractivity contribution in [1.82, 2.24) is 10.2 Å². The van der Waals surface area contributed by atoms with Gasteiger partial charge in [0.1, 0.15) is 11.9 Å². The predicted molar refractivity (Wildman–Crippen MR) is 122 cm³/mol. The highest BCUT2D eigenvalue weighted by Crippen LogP contribution is 2.18. The fourth-order valence-corrected chi connectivity index (χ4v) is 3.86. The molecule has 0 aliphatic heterocycles. The highest BCUT2D eigenvalue weighted by molar-refractivity contribution is 7.99. The molecule has 2 aromatic carbocycles. The molecule has 0 radical (unpaired) electrons. The Morgan fingerprint density at radius 1 is 1.10 bits per heavy atom. The molecule has 0 aliphatic carbocycles. The number of carbonyl (C=O) groups is 2. The lowest BCUT2D eigenvalue weighted by atomic mass is 10.1. The highest BCUT2D eigenvalue weighted by Gasteiger charge is 2.26. The van der Waals surface area contributed by atoms with E-state index in [-0.39, 0.29) is 29.9 Å². The molecule has 0 aromatic heterocycles. The Balaban J connectivity index is 2.05. The molecule has 1 N–H and O–H groups in total. The van der Waals surface area contributed by atoms with Crippen molar-refractivity contribution >= 4 is 35.2 Å². The molecule has 2 rings (SSSR count). The Morgan fingerprint density at radius 2 is 1.80 bits per heavy atom. The number of thioether (sulfide) groups is 1. The van der Waals surface area contributed by atoms with Crippen LogP contribution >= 0.6 is 23.4 Å². The SMILES string of the molecule is CC(C)CNC(=O)C(C)N(Cc1ccc(F)cc1)C(=O)CSCc1cccc(Cl)c1. The Bertz CT molecular complexity index is 845. The minimum Gasteiger partial charge on any atom is -0.354 e. The first-order chi connectivity index (χ1) is 14.3. The summed E-state index contributed by atoms with van der Waals surface area (Å²) in [6, 6.07) is 12.9. The van der Waals surface area contributed by atoms with E-state index in [0.29, 0.717) is 23.2 Å². The lowest BCUT2D eigenvalue weighted by Gasteiger charge is -2.29. The minimum atomic E-state index is -0.631. The van der Waals surface area contributed by atoms with E-state index in [0.717, 1.165) is 11.1 Å². The standard InChI is InChI=1S/C23H28ClFN2O2S/c1-16(2)12-26-23(29)17(3)27(13-18-7-9-21(25)10-8-18)22(28)15-30-14-19-5-4-6-20(24)11-19/h4-11,16-17H,12-15H2,1-3H3,(H,26,29). The molecule has 1 unspecified atom stereocenters. The van der Waals surface area contributed by atoms with Crippen LogP contribution in [-0.2, 0) is 21.9 Å². The zero-order valence-electron chi connectivity index (χ0n) is 17.5. The van der Waals surface area contributed by atoms with Gasteiger partial charge < -0.3 is 10.2 Å². The summed E-state index contributed by atoms with van der Waals surface area (Å²) >= 11 is 7.48. The number of hydrogen-bond acceptors (Lipinski definition) is 3. The zero-order chi connectivity index (χ0) is 22.1. The van der Waals surface area contributed by atoms with Gasteiger partial charge in [0.05, 0.1) is 5.75 Å². The second kappa shape index (κ2) is 12.0. The Morgan fingerprint density at radius 3 is 2.43 bits per heavy atom. The molecule has 0 saturated heterocycles. The van der Waals surface area contributed by atoms with Crippen LogP contribution < -0.4 is 5.32 Å². The minimum absolute atomic E-state index is 0.140. The summed E-state index contributed by atoms with van der Waals surface area (Å²) < 4.78 is 13.2. The lowest BCUT2D eigenvalue weighted by Crippen LogP contribution is -2.48. The number of hydrogen-bond donors (Lipinski definition) is 1. The van der Waals surface area contributed by atoms with Crippen LogP contribution in [0.2, 0.25) is 5.02 Å². The summed E-state index contributed by atoms with van der Waals surface area (Å²) in [7, 11) is 0. The first kappa shape index (κ1) is 24.2. The van der Waals surface area contributed by atoms with Crippen molar-refractivity contribution in [3.05, 3.63) is 70.5 Å². The number of amides is 2. The number of nitrogens with zero attached hydrogens (tertiary/aromatic N) is 1. The maximum Gasteiger partial charge on any atom is 0.242 e. The molecule has 0 heterocycles. The number of nitrogens with one attached hydrogen (secondary N) is 1. The Labute approximate surface area is 187 Å². The third-order valence-electron chi connectivity index (χ3n) is 4.50. The van der Waals surface area contributed by atoms with Crippen LogP contribution in [0.4, 0.5) is 4.39 Å². The van der Waals surface area contributed by atoms with E-state index < -0.39 is 6.04 Å². The molecule has 0 saturated carbocycles. The van der Waals surface area contributed by atoms with Gasteiger partial charge in [-0.3, -0.25) is 9.59 Å². The first-order valence-electron chi connectivity index (χ1n) is 9.90. The molecular weight excluding hydrogens is 423 g/mol.